The lowest BCUT2D eigenvalue weighted by Crippen LogP contribution is -2.44. The molecule has 0 spiro atoms. The number of aliphatic hydroxyl groups is 1. The summed E-state index contributed by atoms with van der Waals surface area (Å²) in [6.45, 7) is 0. The standard InChI is InChI=1S/C7H15NO/c1-8-7(9)5-3-2-4-6-7/h8-9H,2-6H2,1H3. The summed E-state index contributed by atoms with van der Waals surface area (Å²) in [7, 11) is 1.82. The van der Waals surface area contributed by atoms with Crippen LogP contribution < -0.4 is 5.32 Å². The maximum Gasteiger partial charge on any atom is 0.115 e. The highest BCUT2D eigenvalue weighted by Gasteiger charge is 2.26. The first kappa shape index (κ1) is 7.03. The first-order valence-corrected chi connectivity index (χ1v) is 3.68. The van der Waals surface area contributed by atoms with Crippen molar-refractivity contribution in [3.05, 3.63) is 0 Å². The minimum Gasteiger partial charge on any atom is -0.376 e. The second-order valence-electron chi connectivity index (χ2n) is 2.84. The molecule has 0 unspecified atom stereocenters. The molecule has 1 aliphatic rings. The molecule has 0 aliphatic heterocycles. The van der Waals surface area contributed by atoms with Gasteiger partial charge >= 0.3 is 0 Å². The summed E-state index contributed by atoms with van der Waals surface area (Å²) in [5.41, 5.74) is -0.530. The molecule has 0 atom stereocenters. The number of hydrogen-bond donors (Lipinski definition) is 2. The van der Waals surface area contributed by atoms with Crippen LogP contribution in [0.15, 0.2) is 0 Å². The number of rotatable bonds is 1. The van der Waals surface area contributed by atoms with Crippen LogP contribution in [0.4, 0.5) is 0 Å². The molecule has 0 amide bonds. The molecule has 0 aromatic rings. The Morgan fingerprint density at radius 3 is 2.11 bits per heavy atom. The van der Waals surface area contributed by atoms with Crippen molar-refractivity contribution in [2.75, 3.05) is 7.05 Å². The third kappa shape index (κ3) is 1.66. The van der Waals surface area contributed by atoms with Crippen LogP contribution in [-0.4, -0.2) is 17.9 Å². The highest BCUT2D eigenvalue weighted by atomic mass is 16.3. The number of nitrogens with one attached hydrogen (secondary N) is 1. The van der Waals surface area contributed by atoms with Crippen LogP contribution in [0.5, 0.6) is 0 Å². The minimum absolute atomic E-state index is 0.530. The summed E-state index contributed by atoms with van der Waals surface area (Å²) in [5.74, 6) is 0. The van der Waals surface area contributed by atoms with E-state index in [0.29, 0.717) is 0 Å². The molecule has 2 N–H and O–H groups in total. The van der Waals surface area contributed by atoms with Crippen LogP contribution >= 0.6 is 0 Å². The minimum atomic E-state index is -0.530. The van der Waals surface area contributed by atoms with E-state index < -0.39 is 5.72 Å². The van der Waals surface area contributed by atoms with E-state index in [1.54, 1.807) is 0 Å². The van der Waals surface area contributed by atoms with Crippen molar-refractivity contribution in [2.45, 2.75) is 37.8 Å². The van der Waals surface area contributed by atoms with Gasteiger partial charge in [-0.15, -0.1) is 0 Å². The highest BCUT2D eigenvalue weighted by molar-refractivity contribution is 4.77. The van der Waals surface area contributed by atoms with Crippen molar-refractivity contribution < 1.29 is 5.11 Å². The second kappa shape index (κ2) is 2.67. The van der Waals surface area contributed by atoms with E-state index in [0.717, 1.165) is 25.7 Å². The van der Waals surface area contributed by atoms with E-state index in [1.807, 2.05) is 7.05 Å². The molecule has 54 valence electrons. The van der Waals surface area contributed by atoms with Crippen LogP contribution in [0.25, 0.3) is 0 Å². The second-order valence-corrected chi connectivity index (χ2v) is 2.84. The van der Waals surface area contributed by atoms with Gasteiger partial charge in [0.2, 0.25) is 0 Å². The lowest BCUT2D eigenvalue weighted by atomic mass is 9.92. The summed E-state index contributed by atoms with van der Waals surface area (Å²) in [4.78, 5) is 0. The fourth-order valence-electron chi connectivity index (χ4n) is 1.39. The van der Waals surface area contributed by atoms with Crippen LogP contribution in [-0.2, 0) is 0 Å². The molecule has 0 bridgehead atoms. The summed E-state index contributed by atoms with van der Waals surface area (Å²) >= 11 is 0. The van der Waals surface area contributed by atoms with Gasteiger partial charge in [-0.1, -0.05) is 6.42 Å². The molecule has 0 aromatic carbocycles. The Labute approximate surface area is 56.3 Å². The maximum atomic E-state index is 9.57. The van der Waals surface area contributed by atoms with E-state index in [2.05, 4.69) is 5.32 Å². The molecule has 2 nitrogen and oxygen atoms in total. The highest BCUT2D eigenvalue weighted by Crippen LogP contribution is 2.24. The molecule has 2 heteroatoms. The quantitative estimate of drug-likeness (QED) is 0.515. The van der Waals surface area contributed by atoms with Gasteiger partial charge in [-0.25, -0.2) is 0 Å². The summed E-state index contributed by atoms with van der Waals surface area (Å²) < 4.78 is 0. The number of hydrogen-bond acceptors (Lipinski definition) is 2. The predicted molar refractivity (Wildman–Crippen MR) is 37.1 cm³/mol. The van der Waals surface area contributed by atoms with Crippen molar-refractivity contribution in [1.29, 1.82) is 0 Å². The first-order valence-electron chi connectivity index (χ1n) is 3.68. The van der Waals surface area contributed by atoms with Crippen molar-refractivity contribution in [3.63, 3.8) is 0 Å². The molecule has 0 radical (unpaired) electrons. The molecular weight excluding hydrogens is 114 g/mol. The van der Waals surface area contributed by atoms with Gasteiger partial charge in [0, 0.05) is 0 Å². The van der Waals surface area contributed by atoms with Gasteiger partial charge in [-0.05, 0) is 32.7 Å². The molecule has 1 aliphatic carbocycles. The lowest BCUT2D eigenvalue weighted by Gasteiger charge is -2.31. The van der Waals surface area contributed by atoms with E-state index in [4.69, 9.17) is 0 Å². The van der Waals surface area contributed by atoms with Gasteiger partial charge in [0.05, 0.1) is 0 Å². The largest absolute Gasteiger partial charge is 0.376 e. The summed E-state index contributed by atoms with van der Waals surface area (Å²) in [6.07, 6.45) is 5.45. The summed E-state index contributed by atoms with van der Waals surface area (Å²) in [5, 5.41) is 12.5. The van der Waals surface area contributed by atoms with Crippen LogP contribution in [0.1, 0.15) is 32.1 Å². The Morgan fingerprint density at radius 1 is 1.22 bits per heavy atom. The zero-order valence-corrected chi connectivity index (χ0v) is 5.98. The first-order chi connectivity index (χ1) is 4.27. The van der Waals surface area contributed by atoms with Gasteiger partial charge in [0.15, 0.2) is 0 Å². The Kier molecular flexibility index (Phi) is 2.09. The zero-order valence-electron chi connectivity index (χ0n) is 5.98. The molecule has 1 rings (SSSR count). The molecule has 0 saturated heterocycles. The maximum absolute atomic E-state index is 9.57. The van der Waals surface area contributed by atoms with Crippen molar-refractivity contribution in [2.24, 2.45) is 0 Å². The van der Waals surface area contributed by atoms with Crippen molar-refractivity contribution in [1.82, 2.24) is 5.32 Å². The molecule has 0 aromatic heterocycles. The molecular formula is C7H15NO. The monoisotopic (exact) mass is 129 g/mol. The van der Waals surface area contributed by atoms with Gasteiger partial charge in [-0.2, -0.15) is 0 Å². The lowest BCUT2D eigenvalue weighted by molar-refractivity contribution is -0.0210. The fraction of sp³-hybridized carbons (Fsp3) is 1.00. The van der Waals surface area contributed by atoms with Crippen LogP contribution in [0.3, 0.4) is 0 Å². The molecule has 1 saturated carbocycles. The van der Waals surface area contributed by atoms with Gasteiger partial charge in [0.25, 0.3) is 0 Å². The van der Waals surface area contributed by atoms with E-state index in [-0.39, 0.29) is 0 Å². The average molecular weight is 129 g/mol. The van der Waals surface area contributed by atoms with Gasteiger partial charge in [-0.3, -0.25) is 5.32 Å². The van der Waals surface area contributed by atoms with Crippen molar-refractivity contribution >= 4 is 0 Å². The van der Waals surface area contributed by atoms with E-state index in [1.165, 1.54) is 6.42 Å². The Hall–Kier alpha value is -0.0800. The van der Waals surface area contributed by atoms with Crippen LogP contribution in [0, 0.1) is 0 Å². The van der Waals surface area contributed by atoms with Gasteiger partial charge in [0.1, 0.15) is 5.72 Å². The van der Waals surface area contributed by atoms with E-state index >= 15 is 0 Å². The Balaban J connectivity index is 2.37. The van der Waals surface area contributed by atoms with E-state index in [9.17, 15) is 5.11 Å². The normalized spacial score (nSPS) is 26.0. The molecule has 1 fully saturated rings. The van der Waals surface area contributed by atoms with Crippen molar-refractivity contribution in [3.8, 4) is 0 Å². The Morgan fingerprint density at radius 2 is 1.78 bits per heavy atom. The fourth-order valence-corrected chi connectivity index (χ4v) is 1.39. The summed E-state index contributed by atoms with van der Waals surface area (Å²) in [6, 6.07) is 0. The third-order valence-electron chi connectivity index (χ3n) is 2.15. The molecule has 9 heavy (non-hydrogen) atoms. The third-order valence-corrected chi connectivity index (χ3v) is 2.15. The van der Waals surface area contributed by atoms with Gasteiger partial charge < -0.3 is 5.11 Å². The Bertz CT molecular complexity index is 86.9. The SMILES string of the molecule is CNC1(O)CCCCC1. The predicted octanol–water partition coefficient (Wildman–Crippen LogP) is 0.858. The molecule has 0 heterocycles. The zero-order chi connectivity index (χ0) is 6.74. The average Bonchev–Trinajstić information content (AvgIpc) is 1.90. The van der Waals surface area contributed by atoms with Crippen LogP contribution in [0.2, 0.25) is 0 Å². The smallest absolute Gasteiger partial charge is 0.115 e. The topological polar surface area (TPSA) is 32.3 Å².